The van der Waals surface area contributed by atoms with E-state index in [-0.39, 0.29) is 10.8 Å². The monoisotopic (exact) mass is 286 g/mol. The molecule has 0 fully saturated rings. The summed E-state index contributed by atoms with van der Waals surface area (Å²) in [6.45, 7) is 7.25. The molecule has 0 aliphatic heterocycles. The van der Waals surface area contributed by atoms with E-state index in [1.165, 1.54) is 12.5 Å². The first-order valence-corrected chi connectivity index (χ1v) is 7.23. The number of benzene rings is 1. The van der Waals surface area contributed by atoms with Gasteiger partial charge in [0, 0.05) is 12.6 Å². The van der Waals surface area contributed by atoms with Gasteiger partial charge in [0.1, 0.15) is 5.82 Å². The minimum absolute atomic E-state index is 0.192. The van der Waals surface area contributed by atoms with Crippen molar-refractivity contribution >= 4 is 11.6 Å². The van der Waals surface area contributed by atoms with Crippen molar-refractivity contribution in [2.75, 3.05) is 20.1 Å². The van der Waals surface area contributed by atoms with E-state index >= 15 is 0 Å². The Bertz CT molecular complexity index is 382. The van der Waals surface area contributed by atoms with Gasteiger partial charge in [-0.15, -0.1) is 0 Å². The van der Waals surface area contributed by atoms with Crippen molar-refractivity contribution in [1.82, 2.24) is 10.2 Å². The summed E-state index contributed by atoms with van der Waals surface area (Å²) in [5.41, 5.74) is 1.02. The quantitative estimate of drug-likeness (QED) is 0.733. The van der Waals surface area contributed by atoms with Crippen LogP contribution in [0.3, 0.4) is 0 Å². The van der Waals surface area contributed by atoms with Gasteiger partial charge in [0.2, 0.25) is 0 Å². The highest BCUT2D eigenvalue weighted by molar-refractivity contribution is 6.30. The lowest BCUT2D eigenvalue weighted by molar-refractivity contribution is 0.268. The predicted octanol–water partition coefficient (Wildman–Crippen LogP) is 3.69. The van der Waals surface area contributed by atoms with E-state index in [9.17, 15) is 4.39 Å². The minimum atomic E-state index is -0.359. The number of halogens is 2. The van der Waals surface area contributed by atoms with Gasteiger partial charge in [-0.2, -0.15) is 0 Å². The van der Waals surface area contributed by atoms with Gasteiger partial charge in [-0.05, 0) is 64.5 Å². The molecule has 1 aromatic rings. The van der Waals surface area contributed by atoms with Crippen molar-refractivity contribution in [3.63, 3.8) is 0 Å². The Morgan fingerprint density at radius 3 is 2.68 bits per heavy atom. The third-order valence-electron chi connectivity index (χ3n) is 3.31. The molecule has 1 rings (SSSR count). The second kappa shape index (κ2) is 8.51. The fourth-order valence-electron chi connectivity index (χ4n) is 1.75. The first-order chi connectivity index (χ1) is 9.00. The molecule has 0 saturated carbocycles. The fourth-order valence-corrected chi connectivity index (χ4v) is 1.95. The Kier molecular flexibility index (Phi) is 7.36. The van der Waals surface area contributed by atoms with Gasteiger partial charge in [-0.1, -0.05) is 17.7 Å². The van der Waals surface area contributed by atoms with Gasteiger partial charge < -0.3 is 10.2 Å². The van der Waals surface area contributed by atoms with Crippen molar-refractivity contribution in [2.24, 2.45) is 0 Å². The lowest BCUT2D eigenvalue weighted by atomic mass is 10.2. The van der Waals surface area contributed by atoms with Crippen molar-refractivity contribution in [3.05, 3.63) is 34.6 Å². The zero-order valence-corrected chi connectivity index (χ0v) is 12.8. The van der Waals surface area contributed by atoms with Gasteiger partial charge in [0.15, 0.2) is 0 Å². The van der Waals surface area contributed by atoms with Crippen LogP contribution in [0.1, 0.15) is 32.3 Å². The van der Waals surface area contributed by atoms with Crippen LogP contribution in [-0.2, 0) is 6.54 Å². The van der Waals surface area contributed by atoms with E-state index < -0.39 is 0 Å². The topological polar surface area (TPSA) is 15.3 Å². The number of nitrogens with zero attached hydrogens (tertiary/aromatic N) is 1. The Balaban J connectivity index is 2.12. The Labute approximate surface area is 120 Å². The lowest BCUT2D eigenvalue weighted by Gasteiger charge is -2.20. The van der Waals surface area contributed by atoms with Gasteiger partial charge in [-0.25, -0.2) is 4.39 Å². The number of hydrogen-bond acceptors (Lipinski definition) is 2. The molecule has 1 N–H and O–H groups in total. The van der Waals surface area contributed by atoms with E-state index in [0.29, 0.717) is 6.04 Å². The molecular weight excluding hydrogens is 263 g/mol. The second-order valence-corrected chi connectivity index (χ2v) is 5.61. The van der Waals surface area contributed by atoms with Crippen molar-refractivity contribution in [1.29, 1.82) is 0 Å². The maximum absolute atomic E-state index is 13.0. The van der Waals surface area contributed by atoms with Gasteiger partial charge in [0.05, 0.1) is 5.02 Å². The van der Waals surface area contributed by atoms with Crippen LogP contribution >= 0.6 is 11.6 Å². The molecule has 4 heteroatoms. The summed E-state index contributed by atoms with van der Waals surface area (Å²) in [5.74, 6) is -0.359. The maximum Gasteiger partial charge on any atom is 0.141 e. The Morgan fingerprint density at radius 1 is 1.32 bits per heavy atom. The van der Waals surface area contributed by atoms with Crippen LogP contribution in [0.15, 0.2) is 18.2 Å². The van der Waals surface area contributed by atoms with Gasteiger partial charge >= 0.3 is 0 Å². The number of rotatable bonds is 8. The summed E-state index contributed by atoms with van der Waals surface area (Å²) in [6.07, 6.45) is 2.33. The number of unbranched alkanes of at least 4 members (excludes halogenated alkanes) is 1. The Hall–Kier alpha value is -0.640. The van der Waals surface area contributed by atoms with Crippen LogP contribution in [-0.4, -0.2) is 31.1 Å². The fraction of sp³-hybridized carbons (Fsp3) is 0.600. The highest BCUT2D eigenvalue weighted by atomic mass is 35.5. The molecule has 19 heavy (non-hydrogen) atoms. The normalized spacial score (nSPS) is 11.5. The summed E-state index contributed by atoms with van der Waals surface area (Å²) in [5, 5.41) is 3.54. The van der Waals surface area contributed by atoms with Crippen molar-refractivity contribution in [3.8, 4) is 0 Å². The largest absolute Gasteiger partial charge is 0.313 e. The molecule has 0 spiro atoms. The smallest absolute Gasteiger partial charge is 0.141 e. The summed E-state index contributed by atoms with van der Waals surface area (Å²) < 4.78 is 13.0. The molecule has 0 bridgehead atoms. The highest BCUT2D eigenvalue weighted by Gasteiger charge is 2.02. The van der Waals surface area contributed by atoms with Crippen molar-refractivity contribution in [2.45, 2.75) is 39.3 Å². The first-order valence-electron chi connectivity index (χ1n) is 6.85. The molecule has 2 nitrogen and oxygen atoms in total. The van der Waals surface area contributed by atoms with Gasteiger partial charge in [0.25, 0.3) is 0 Å². The molecular formula is C15H24ClFN2. The van der Waals surface area contributed by atoms with E-state index in [2.05, 4.69) is 31.1 Å². The molecule has 0 heterocycles. The third kappa shape index (κ3) is 6.37. The van der Waals surface area contributed by atoms with Crippen LogP contribution in [0.25, 0.3) is 0 Å². The van der Waals surface area contributed by atoms with Crippen LogP contribution < -0.4 is 5.32 Å². The van der Waals surface area contributed by atoms with Crippen LogP contribution in [0.4, 0.5) is 4.39 Å². The Morgan fingerprint density at radius 2 is 2.05 bits per heavy atom. The maximum atomic E-state index is 13.0. The van der Waals surface area contributed by atoms with Crippen molar-refractivity contribution < 1.29 is 4.39 Å². The molecule has 108 valence electrons. The number of hydrogen-bond donors (Lipinski definition) is 1. The summed E-state index contributed by atoms with van der Waals surface area (Å²) >= 11 is 5.73. The highest BCUT2D eigenvalue weighted by Crippen LogP contribution is 2.15. The molecule has 0 saturated heterocycles. The molecule has 0 aliphatic carbocycles. The van der Waals surface area contributed by atoms with Gasteiger partial charge in [-0.3, -0.25) is 0 Å². The van der Waals surface area contributed by atoms with E-state index in [1.54, 1.807) is 12.1 Å². The SMILES string of the molecule is CC(C)N(C)CCCCNCc1ccc(F)c(Cl)c1. The average Bonchev–Trinajstić information content (AvgIpc) is 2.37. The first kappa shape index (κ1) is 16.4. The molecule has 0 aliphatic rings. The molecule has 0 amide bonds. The molecule has 0 radical (unpaired) electrons. The van der Waals surface area contributed by atoms with Crippen LogP contribution in [0, 0.1) is 5.82 Å². The summed E-state index contributed by atoms with van der Waals surface area (Å²) in [6, 6.07) is 5.46. The second-order valence-electron chi connectivity index (χ2n) is 5.21. The zero-order chi connectivity index (χ0) is 14.3. The summed E-state index contributed by atoms with van der Waals surface area (Å²) in [4.78, 5) is 2.35. The molecule has 0 atom stereocenters. The predicted molar refractivity (Wildman–Crippen MR) is 80.1 cm³/mol. The average molecular weight is 287 g/mol. The zero-order valence-electron chi connectivity index (χ0n) is 12.0. The van der Waals surface area contributed by atoms with Crippen LogP contribution in [0.5, 0.6) is 0 Å². The molecule has 0 unspecified atom stereocenters. The van der Waals surface area contributed by atoms with E-state index in [1.807, 2.05) is 0 Å². The molecule has 1 aromatic carbocycles. The lowest BCUT2D eigenvalue weighted by Crippen LogP contribution is -2.27. The molecule has 0 aromatic heterocycles. The minimum Gasteiger partial charge on any atom is -0.313 e. The van der Waals surface area contributed by atoms with Crippen LogP contribution in [0.2, 0.25) is 5.02 Å². The van der Waals surface area contributed by atoms with E-state index in [0.717, 1.165) is 31.6 Å². The summed E-state index contributed by atoms with van der Waals surface area (Å²) in [7, 11) is 2.15. The third-order valence-corrected chi connectivity index (χ3v) is 3.60. The number of nitrogens with one attached hydrogen (secondary N) is 1. The van der Waals surface area contributed by atoms with E-state index in [4.69, 9.17) is 11.6 Å². The standard InChI is InChI=1S/C15H24ClFN2/c1-12(2)19(3)9-5-4-8-18-11-13-6-7-15(17)14(16)10-13/h6-7,10,12,18H,4-5,8-9,11H2,1-3H3.